The van der Waals surface area contributed by atoms with Gasteiger partial charge >= 0.3 is 18.9 Å². The molecule has 0 saturated heterocycles. The van der Waals surface area contributed by atoms with Gasteiger partial charge in [0, 0.05) is 19.2 Å². The van der Waals surface area contributed by atoms with Crippen molar-refractivity contribution in [2.75, 3.05) is 0 Å². The van der Waals surface area contributed by atoms with Crippen molar-refractivity contribution in [3.63, 3.8) is 0 Å². The molecule has 0 aliphatic carbocycles. The summed E-state index contributed by atoms with van der Waals surface area (Å²) in [6.07, 6.45) is 1.83. The van der Waals surface area contributed by atoms with Gasteiger partial charge in [-0.15, -0.1) is 0 Å². The van der Waals surface area contributed by atoms with E-state index in [0.29, 0.717) is 11.0 Å². The zero-order chi connectivity index (χ0) is 9.59. The Kier molecular flexibility index (Phi) is 2.74. The van der Waals surface area contributed by atoms with Gasteiger partial charge in [0.1, 0.15) is 0 Å². The molecule has 0 radical (unpaired) electrons. The van der Waals surface area contributed by atoms with Gasteiger partial charge in [0.05, 0.1) is 11.0 Å². The minimum absolute atomic E-state index is 0. The van der Waals surface area contributed by atoms with E-state index in [1.807, 2.05) is 13.1 Å². The summed E-state index contributed by atoms with van der Waals surface area (Å²) in [7, 11) is 1.81. The topological polar surface area (TPSA) is 74.5 Å². The Morgan fingerprint density at radius 1 is 1.57 bits per heavy atom. The van der Waals surface area contributed by atoms with Crippen LogP contribution in [-0.2, 0) is 7.05 Å². The van der Waals surface area contributed by atoms with Crippen LogP contribution >= 0.6 is 0 Å². The second kappa shape index (κ2) is 3.52. The van der Waals surface area contributed by atoms with Crippen molar-refractivity contribution in [3.05, 3.63) is 27.8 Å². The molecule has 6 heteroatoms. The second-order valence-electron chi connectivity index (χ2n) is 3.04. The molecule has 0 bridgehead atoms. The maximum Gasteiger partial charge on any atom is 1.00 e. The minimum Gasteiger partial charge on any atom is -0.411 e. The van der Waals surface area contributed by atoms with Crippen LogP contribution in [-0.4, -0.2) is 14.5 Å². The number of hydrogen-bond acceptors (Lipinski definition) is 2. The molecular weight excluding hydrogens is 175 g/mol. The summed E-state index contributed by atoms with van der Waals surface area (Å²) in [5.74, 6) is -0.0984. The molecule has 0 aliphatic heterocycles. The van der Waals surface area contributed by atoms with Gasteiger partial charge in [0.15, 0.2) is 0 Å². The minimum atomic E-state index is -0.242. The van der Waals surface area contributed by atoms with Crippen LogP contribution in [0, 0.1) is 6.92 Å². The van der Waals surface area contributed by atoms with E-state index in [4.69, 9.17) is 5.73 Å². The zero-order valence-corrected chi connectivity index (χ0v) is 8.38. The molecule has 0 amide bonds. The normalized spacial score (nSPS) is 10.1. The largest absolute Gasteiger partial charge is 1.00 e. The Labute approximate surface area is 92.5 Å². The molecule has 2 heterocycles. The van der Waals surface area contributed by atoms with Crippen LogP contribution in [0.25, 0.3) is 16.8 Å². The number of aromatic amines is 1. The second-order valence-corrected chi connectivity index (χ2v) is 3.04. The van der Waals surface area contributed by atoms with Crippen LogP contribution in [0.15, 0.2) is 11.0 Å². The van der Waals surface area contributed by atoms with E-state index in [9.17, 15) is 4.79 Å². The molecule has 2 aromatic heterocycles. The molecule has 0 atom stereocenters. The fourth-order valence-electron chi connectivity index (χ4n) is 1.49. The number of H-pyrrole nitrogens is 1. The first-order valence-corrected chi connectivity index (χ1v) is 3.87. The number of rotatable bonds is 0. The molecule has 2 aromatic rings. The van der Waals surface area contributed by atoms with E-state index in [0.717, 1.165) is 5.56 Å². The third kappa shape index (κ3) is 1.45. The van der Waals surface area contributed by atoms with Gasteiger partial charge in [-0.1, -0.05) is 0 Å². The van der Waals surface area contributed by atoms with E-state index >= 15 is 0 Å². The predicted octanol–water partition coefficient (Wildman–Crippen LogP) is -1.74. The van der Waals surface area contributed by atoms with Crippen molar-refractivity contribution in [1.29, 1.82) is 0 Å². The summed E-state index contributed by atoms with van der Waals surface area (Å²) in [5, 5.41) is 0.568. The van der Waals surface area contributed by atoms with Crippen LogP contribution in [0.2, 0.25) is 0 Å². The van der Waals surface area contributed by atoms with E-state index in [-0.39, 0.29) is 30.4 Å². The van der Waals surface area contributed by atoms with Crippen LogP contribution in [0.3, 0.4) is 0 Å². The van der Waals surface area contributed by atoms with Crippen LogP contribution in [0.4, 0.5) is 5.95 Å². The fraction of sp³-hybridized carbons (Fsp3) is 0.250. The first-order chi connectivity index (χ1) is 6.09. The summed E-state index contributed by atoms with van der Waals surface area (Å²) >= 11 is 0. The van der Waals surface area contributed by atoms with Gasteiger partial charge in [0.25, 0.3) is 0 Å². The molecule has 2 N–H and O–H groups in total. The molecule has 0 saturated carbocycles. The van der Waals surface area contributed by atoms with Crippen molar-refractivity contribution in [1.82, 2.24) is 14.5 Å². The summed E-state index contributed by atoms with van der Waals surface area (Å²) in [6, 6.07) is 0. The Hall–Kier alpha value is -1.18. The molecular formula is C8H9LiN4O. The number of aromatic nitrogens is 3. The molecule has 2 rings (SSSR count). The monoisotopic (exact) mass is 184 g/mol. The summed E-state index contributed by atoms with van der Waals surface area (Å²) < 4.78 is 1.75. The van der Waals surface area contributed by atoms with Gasteiger partial charge in [-0.25, -0.2) is 0 Å². The number of fused-ring (bicyclic) bond motifs is 1. The first-order valence-electron chi connectivity index (χ1n) is 3.87. The van der Waals surface area contributed by atoms with Crippen LogP contribution < -0.4 is 24.4 Å². The average molecular weight is 184 g/mol. The number of hydrogen-bond donors (Lipinski definition) is 1. The smallest absolute Gasteiger partial charge is 0.411 e. The molecule has 0 aliphatic rings. The number of nitrogens with zero attached hydrogens (tertiary/aromatic N) is 2. The molecule has 5 nitrogen and oxygen atoms in total. The SMILES string of the molecule is Cc1cn(C)c2nc([NH-])[nH]c(=O)c12.[Li+]. The van der Waals surface area contributed by atoms with Crippen molar-refractivity contribution >= 4 is 17.0 Å². The molecule has 0 aromatic carbocycles. The fourth-order valence-corrected chi connectivity index (χ4v) is 1.49. The molecule has 14 heavy (non-hydrogen) atoms. The maximum atomic E-state index is 11.4. The van der Waals surface area contributed by atoms with Gasteiger partial charge in [-0.05, 0) is 12.5 Å². The van der Waals surface area contributed by atoms with Crippen molar-refractivity contribution in [3.8, 4) is 0 Å². The molecule has 0 spiro atoms. The molecule has 0 fully saturated rings. The van der Waals surface area contributed by atoms with E-state index in [1.54, 1.807) is 11.6 Å². The van der Waals surface area contributed by atoms with Crippen molar-refractivity contribution < 1.29 is 18.9 Å². The van der Waals surface area contributed by atoms with Gasteiger partial charge in [-0.2, -0.15) is 0 Å². The summed E-state index contributed by atoms with van der Waals surface area (Å²) in [5.41, 5.74) is 8.44. The number of aryl methyl sites for hydroxylation is 2. The van der Waals surface area contributed by atoms with E-state index in [2.05, 4.69) is 9.97 Å². The summed E-state index contributed by atoms with van der Waals surface area (Å²) in [4.78, 5) is 17.7. The van der Waals surface area contributed by atoms with Crippen molar-refractivity contribution in [2.45, 2.75) is 6.92 Å². The van der Waals surface area contributed by atoms with Crippen molar-refractivity contribution in [2.24, 2.45) is 7.05 Å². The van der Waals surface area contributed by atoms with Gasteiger partial charge in [-0.3, -0.25) is 4.79 Å². The number of nitrogens with one attached hydrogen (secondary N) is 2. The third-order valence-electron chi connectivity index (χ3n) is 2.02. The van der Waals surface area contributed by atoms with Gasteiger partial charge < -0.3 is 20.3 Å². The van der Waals surface area contributed by atoms with Crippen LogP contribution in [0.1, 0.15) is 5.56 Å². The predicted molar refractivity (Wildman–Crippen MR) is 50.1 cm³/mol. The van der Waals surface area contributed by atoms with E-state index in [1.165, 1.54) is 0 Å². The maximum absolute atomic E-state index is 11.4. The Bertz CT molecular complexity index is 528. The Morgan fingerprint density at radius 3 is 2.86 bits per heavy atom. The Balaban J connectivity index is 0.000000980. The Morgan fingerprint density at radius 2 is 2.21 bits per heavy atom. The quantitative estimate of drug-likeness (QED) is 0.493. The summed E-state index contributed by atoms with van der Waals surface area (Å²) in [6.45, 7) is 1.85. The molecule has 68 valence electrons. The van der Waals surface area contributed by atoms with E-state index < -0.39 is 0 Å². The first kappa shape index (κ1) is 10.9. The standard InChI is InChI=1S/C8H10N4O.Li/c1-4-3-12(2)6-5(4)7(13)11-8(9)10-6;/h3H,1-2H3,(H3,9,10,11,13);/q;+1/p-1. The third-order valence-corrected chi connectivity index (χ3v) is 2.02. The molecule has 0 unspecified atom stereocenters. The van der Waals surface area contributed by atoms with Gasteiger partial charge in [0.2, 0.25) is 5.56 Å². The zero-order valence-electron chi connectivity index (χ0n) is 8.38. The van der Waals surface area contributed by atoms with Crippen LogP contribution in [0.5, 0.6) is 0 Å². The average Bonchev–Trinajstić information content (AvgIpc) is 2.27.